The zero-order valence-electron chi connectivity index (χ0n) is 12.8. The van der Waals surface area contributed by atoms with Crippen molar-refractivity contribution in [2.24, 2.45) is 0 Å². The number of alkyl halides is 3. The second kappa shape index (κ2) is 8.73. The van der Waals surface area contributed by atoms with Gasteiger partial charge in [-0.1, -0.05) is 0 Å². The van der Waals surface area contributed by atoms with Gasteiger partial charge in [-0.25, -0.2) is 16.8 Å². The van der Waals surface area contributed by atoms with Crippen LogP contribution in [-0.2, 0) is 33.3 Å². The van der Waals surface area contributed by atoms with Gasteiger partial charge in [-0.3, -0.25) is 0 Å². The minimum Gasteiger partial charge on any atom is -0.374 e. The number of sulfonamides is 2. The maximum Gasteiger partial charge on any atom is 0.512 e. The molecule has 0 heterocycles. The Hall–Kier alpha value is -0.253. The second-order valence-corrected chi connectivity index (χ2v) is 10.6. The molecule has 0 aliphatic rings. The summed E-state index contributed by atoms with van der Waals surface area (Å²) in [6, 6.07) is -0.384. The number of rotatable bonds is 11. The van der Waals surface area contributed by atoms with Crippen molar-refractivity contribution in [1.29, 1.82) is 0 Å². The van der Waals surface area contributed by atoms with E-state index in [9.17, 15) is 30.0 Å². The maximum absolute atomic E-state index is 12.2. The predicted octanol–water partition coefficient (Wildman–Crippen LogP) is 0.804. The molecule has 140 valence electrons. The summed E-state index contributed by atoms with van der Waals surface area (Å²) in [5, 5.41) is 0. The first-order valence-electron chi connectivity index (χ1n) is 6.59. The monoisotopic (exact) mass is 403 g/mol. The molecule has 8 nitrogen and oxygen atoms in total. The van der Waals surface area contributed by atoms with E-state index < -0.39 is 40.1 Å². The van der Waals surface area contributed by atoms with Crippen LogP contribution >= 0.6 is 0 Å². The van der Waals surface area contributed by atoms with Crippen molar-refractivity contribution < 1.29 is 43.3 Å². The van der Waals surface area contributed by atoms with Gasteiger partial charge in [-0.2, -0.15) is 13.2 Å². The summed E-state index contributed by atoms with van der Waals surface area (Å²) in [5.41, 5.74) is -5.73. The van der Waals surface area contributed by atoms with Crippen LogP contribution in [0.2, 0.25) is 6.04 Å². The molecule has 0 atom stereocenters. The Balaban J connectivity index is 5.15. The quantitative estimate of drug-likeness (QED) is 0.509. The lowest BCUT2D eigenvalue weighted by Gasteiger charge is -2.28. The zero-order chi connectivity index (χ0) is 18.4. The Labute approximate surface area is 134 Å². The van der Waals surface area contributed by atoms with Gasteiger partial charge >= 0.3 is 24.3 Å². The molecule has 0 radical (unpaired) electrons. The summed E-state index contributed by atoms with van der Waals surface area (Å²) in [4.78, 5) is 0. The largest absolute Gasteiger partial charge is 0.512 e. The van der Waals surface area contributed by atoms with Crippen LogP contribution in [0, 0.1) is 0 Å². The molecule has 0 aromatic rings. The minimum atomic E-state index is -6.00. The molecule has 0 spiro atoms. The van der Waals surface area contributed by atoms with Crippen molar-refractivity contribution in [3.8, 4) is 0 Å². The van der Waals surface area contributed by atoms with E-state index in [1.165, 1.54) is 0 Å². The minimum absolute atomic E-state index is 0.139. The van der Waals surface area contributed by atoms with Crippen LogP contribution in [0.25, 0.3) is 0 Å². The average molecular weight is 403 g/mol. The Morgan fingerprint density at radius 1 is 0.913 bits per heavy atom. The molecule has 14 heteroatoms. The van der Waals surface area contributed by atoms with Crippen LogP contribution < -0.4 is 4.13 Å². The molecule has 0 aromatic heterocycles. The fourth-order valence-electron chi connectivity index (χ4n) is 1.52. The number of halogens is 3. The third kappa shape index (κ3) is 7.45. The summed E-state index contributed by atoms with van der Waals surface area (Å²) in [6.45, 7) is 5.25. The molecule has 0 saturated heterocycles. The van der Waals surface area contributed by atoms with Crippen molar-refractivity contribution in [3.63, 3.8) is 0 Å². The lowest BCUT2D eigenvalue weighted by molar-refractivity contribution is -0.0441. The Kier molecular flexibility index (Phi) is 8.63. The van der Waals surface area contributed by atoms with Crippen molar-refractivity contribution in [3.05, 3.63) is 0 Å². The van der Waals surface area contributed by atoms with Gasteiger partial charge in [-0.15, -0.1) is 4.13 Å². The zero-order valence-corrected chi connectivity index (χ0v) is 15.5. The molecule has 0 rings (SSSR count). The van der Waals surface area contributed by atoms with Gasteiger partial charge in [0.15, 0.2) is 0 Å². The summed E-state index contributed by atoms with van der Waals surface area (Å²) in [5.74, 6) is -0.950. The van der Waals surface area contributed by atoms with E-state index in [2.05, 4.69) is 0 Å². The Morgan fingerprint density at radius 2 is 1.30 bits per heavy atom. The van der Waals surface area contributed by atoms with Crippen molar-refractivity contribution in [1.82, 2.24) is 4.13 Å². The highest BCUT2D eigenvalue weighted by Crippen LogP contribution is 2.23. The molecule has 1 N–H and O–H groups in total. The van der Waals surface area contributed by atoms with Gasteiger partial charge in [0.2, 0.25) is 10.0 Å². The van der Waals surface area contributed by atoms with Crippen LogP contribution in [0.15, 0.2) is 0 Å². The first-order valence-corrected chi connectivity index (χ1v) is 11.7. The highest BCUT2D eigenvalue weighted by Gasteiger charge is 2.49. The first kappa shape index (κ1) is 22.7. The molecule has 0 saturated carbocycles. The standard InChI is InChI=1S/C9H20F3NO7S2Si/c1-4-18-23(19-5-2,20-6-3)8-7-21(14,15)13-22(16,17)9(10,11)12/h13H,4-8H2,1-3H3. The lowest BCUT2D eigenvalue weighted by Crippen LogP contribution is -2.49. The van der Waals surface area contributed by atoms with Gasteiger partial charge in [0.25, 0.3) is 0 Å². The van der Waals surface area contributed by atoms with Gasteiger partial charge in [0.1, 0.15) is 0 Å². The van der Waals surface area contributed by atoms with Gasteiger partial charge < -0.3 is 13.3 Å². The normalized spacial score (nSPS) is 14.2. The summed E-state index contributed by atoms with van der Waals surface area (Å²) >= 11 is 0. The van der Waals surface area contributed by atoms with E-state index in [0.717, 1.165) is 0 Å². The molecule has 0 amide bonds. The van der Waals surface area contributed by atoms with E-state index in [4.69, 9.17) is 13.3 Å². The van der Waals surface area contributed by atoms with Gasteiger partial charge in [0, 0.05) is 25.9 Å². The number of hydrogen-bond acceptors (Lipinski definition) is 7. The molecular formula is C9H20F3NO7S2Si. The summed E-state index contributed by atoms with van der Waals surface area (Å²) < 4.78 is 98.3. The molecule has 0 aromatic carbocycles. The summed E-state index contributed by atoms with van der Waals surface area (Å²) in [7, 11) is -14.2. The van der Waals surface area contributed by atoms with E-state index in [-0.39, 0.29) is 25.9 Å². The third-order valence-electron chi connectivity index (χ3n) is 2.31. The van der Waals surface area contributed by atoms with Crippen LogP contribution in [0.3, 0.4) is 0 Å². The van der Waals surface area contributed by atoms with Crippen LogP contribution in [0.1, 0.15) is 20.8 Å². The molecule has 0 bridgehead atoms. The highest BCUT2D eigenvalue weighted by atomic mass is 32.3. The van der Waals surface area contributed by atoms with E-state index in [1.54, 1.807) is 20.8 Å². The Morgan fingerprint density at radius 3 is 1.61 bits per heavy atom. The fourth-order valence-corrected chi connectivity index (χ4v) is 7.64. The first-order chi connectivity index (χ1) is 10.3. The fraction of sp³-hybridized carbons (Fsp3) is 1.00. The summed E-state index contributed by atoms with van der Waals surface area (Å²) in [6.07, 6.45) is 0. The SMILES string of the molecule is CCO[Si](CCS(=O)(=O)NS(=O)(=O)C(F)(F)F)(OCC)OCC. The van der Waals surface area contributed by atoms with E-state index in [1.807, 2.05) is 0 Å². The van der Waals surface area contributed by atoms with Gasteiger partial charge in [0.05, 0.1) is 5.75 Å². The molecule has 0 aliphatic carbocycles. The van der Waals surface area contributed by atoms with Crippen LogP contribution in [0.4, 0.5) is 13.2 Å². The molecule has 23 heavy (non-hydrogen) atoms. The molecule has 0 aliphatic heterocycles. The van der Waals surface area contributed by atoms with Crippen LogP contribution in [0.5, 0.6) is 0 Å². The van der Waals surface area contributed by atoms with Crippen molar-refractivity contribution in [2.45, 2.75) is 32.3 Å². The van der Waals surface area contributed by atoms with E-state index >= 15 is 0 Å². The van der Waals surface area contributed by atoms with Crippen LogP contribution in [-0.4, -0.2) is 56.7 Å². The second-order valence-electron chi connectivity index (χ2n) is 4.08. The van der Waals surface area contributed by atoms with Crippen molar-refractivity contribution in [2.75, 3.05) is 25.6 Å². The molecular weight excluding hydrogens is 383 g/mol. The maximum atomic E-state index is 12.2. The Bertz CT molecular complexity index is 547. The average Bonchev–Trinajstić information content (AvgIpc) is 2.35. The van der Waals surface area contributed by atoms with E-state index in [0.29, 0.717) is 4.13 Å². The van der Waals surface area contributed by atoms with Crippen molar-refractivity contribution >= 4 is 28.9 Å². The number of hydrogen-bond donors (Lipinski definition) is 1. The lowest BCUT2D eigenvalue weighted by atomic mass is 10.9. The molecule has 0 fully saturated rings. The smallest absolute Gasteiger partial charge is 0.374 e. The third-order valence-corrected chi connectivity index (χ3v) is 8.97. The topological polar surface area (TPSA) is 108 Å². The number of nitrogens with one attached hydrogen (secondary N) is 1. The molecule has 0 unspecified atom stereocenters. The van der Waals surface area contributed by atoms with Gasteiger partial charge in [-0.05, 0) is 20.8 Å². The predicted molar refractivity (Wildman–Crippen MR) is 77.3 cm³/mol. The highest BCUT2D eigenvalue weighted by molar-refractivity contribution is 8.05.